The number of oxazole rings is 1. The highest BCUT2D eigenvalue weighted by molar-refractivity contribution is 5.96. The van der Waals surface area contributed by atoms with Gasteiger partial charge < -0.3 is 14.9 Å². The Balaban J connectivity index is 2.00. The highest BCUT2D eigenvalue weighted by Crippen LogP contribution is 2.25. The normalized spacial score (nSPS) is 18.2. The number of anilines is 1. The Morgan fingerprint density at radius 2 is 2.19 bits per heavy atom. The van der Waals surface area contributed by atoms with E-state index in [2.05, 4.69) is 0 Å². The Morgan fingerprint density at radius 1 is 1.43 bits per heavy atom. The lowest BCUT2D eigenvalue weighted by atomic mass is 10.2. The molecule has 2 N–H and O–H groups in total. The quantitative estimate of drug-likeness (QED) is 0.882. The van der Waals surface area contributed by atoms with Crippen molar-refractivity contribution in [2.24, 2.45) is 5.73 Å². The van der Waals surface area contributed by atoms with E-state index in [-0.39, 0.29) is 6.54 Å². The molecule has 1 fully saturated rings. The molecule has 2 heterocycles. The van der Waals surface area contributed by atoms with Crippen LogP contribution >= 0.6 is 0 Å². The molecule has 8 heteroatoms. The van der Waals surface area contributed by atoms with E-state index < -0.39 is 23.9 Å². The van der Waals surface area contributed by atoms with Crippen LogP contribution in [0.1, 0.15) is 6.92 Å². The Kier molecular flexibility index (Phi) is 2.93. The number of primary amides is 1. The molecular weight excluding hydrogens is 278 g/mol. The molecule has 0 aliphatic carbocycles. The second kappa shape index (κ2) is 4.65. The third kappa shape index (κ3) is 2.04. The Morgan fingerprint density at radius 3 is 2.81 bits per heavy atom. The zero-order valence-corrected chi connectivity index (χ0v) is 11.2. The van der Waals surface area contributed by atoms with Gasteiger partial charge in [0.15, 0.2) is 11.7 Å². The fourth-order valence-corrected chi connectivity index (χ4v) is 2.34. The van der Waals surface area contributed by atoms with E-state index in [1.807, 2.05) is 6.92 Å². The fourth-order valence-electron chi connectivity index (χ4n) is 2.34. The Labute approximate surface area is 118 Å². The average Bonchev–Trinajstić information content (AvgIpc) is 2.97. The molecule has 0 saturated carbocycles. The molecule has 1 aromatic carbocycles. The number of carbonyl (C=O) groups is 2. The second-order valence-corrected chi connectivity index (χ2v) is 4.65. The van der Waals surface area contributed by atoms with Crippen LogP contribution in [0.5, 0.6) is 0 Å². The number of rotatable bonds is 3. The summed E-state index contributed by atoms with van der Waals surface area (Å²) >= 11 is 0. The van der Waals surface area contributed by atoms with Crippen molar-refractivity contribution in [3.63, 3.8) is 0 Å². The first-order chi connectivity index (χ1) is 10.0. The summed E-state index contributed by atoms with van der Waals surface area (Å²) in [6, 6.07) is 4.91. The van der Waals surface area contributed by atoms with Crippen LogP contribution in [0.25, 0.3) is 11.1 Å². The van der Waals surface area contributed by atoms with E-state index in [9.17, 15) is 14.4 Å². The molecule has 3 rings (SSSR count). The minimum atomic E-state index is -0.972. The molecule has 0 bridgehead atoms. The van der Waals surface area contributed by atoms with Gasteiger partial charge in [0, 0.05) is 12.6 Å². The van der Waals surface area contributed by atoms with E-state index >= 15 is 0 Å². The highest BCUT2D eigenvalue weighted by Gasteiger charge is 2.36. The number of hydrogen-bond acceptors (Lipinski definition) is 5. The van der Waals surface area contributed by atoms with Crippen LogP contribution < -0.4 is 16.4 Å². The standard InChI is InChI=1S/C13H13N3O5/c1-2-15-8-4-3-7(5-9(8)20-12(15)18)16-6-10(11(14)17)21-13(16)19/h3-5,10H,2,6H2,1H3,(H2,14,17). The molecular formula is C13H13N3O5. The Hall–Kier alpha value is -2.77. The molecule has 1 unspecified atom stereocenters. The molecule has 2 aromatic rings. The monoisotopic (exact) mass is 291 g/mol. The van der Waals surface area contributed by atoms with Crippen LogP contribution in [-0.2, 0) is 16.1 Å². The number of hydrogen-bond donors (Lipinski definition) is 1. The number of nitrogens with zero attached hydrogens (tertiary/aromatic N) is 2. The maximum Gasteiger partial charge on any atom is 0.419 e. The van der Waals surface area contributed by atoms with Gasteiger partial charge in [-0.25, -0.2) is 9.59 Å². The van der Waals surface area contributed by atoms with Gasteiger partial charge in [-0.3, -0.25) is 14.3 Å². The minimum absolute atomic E-state index is 0.0401. The average molecular weight is 291 g/mol. The lowest BCUT2D eigenvalue weighted by molar-refractivity contribution is -0.124. The number of benzene rings is 1. The van der Waals surface area contributed by atoms with Crippen molar-refractivity contribution in [1.29, 1.82) is 0 Å². The molecule has 0 spiro atoms. The highest BCUT2D eigenvalue weighted by atomic mass is 16.6. The first kappa shape index (κ1) is 13.2. The number of amides is 2. The predicted molar refractivity (Wildman–Crippen MR) is 73.0 cm³/mol. The van der Waals surface area contributed by atoms with Crippen molar-refractivity contribution in [2.45, 2.75) is 19.6 Å². The fraction of sp³-hybridized carbons (Fsp3) is 0.308. The van der Waals surface area contributed by atoms with Gasteiger partial charge in [0.2, 0.25) is 0 Å². The first-order valence-corrected chi connectivity index (χ1v) is 6.42. The van der Waals surface area contributed by atoms with E-state index in [0.29, 0.717) is 23.3 Å². The molecule has 8 nitrogen and oxygen atoms in total. The van der Waals surface area contributed by atoms with E-state index in [0.717, 1.165) is 0 Å². The van der Waals surface area contributed by atoms with Crippen molar-refractivity contribution < 1.29 is 18.7 Å². The first-order valence-electron chi connectivity index (χ1n) is 6.42. The number of aryl methyl sites for hydroxylation is 1. The van der Waals surface area contributed by atoms with Crippen molar-refractivity contribution in [3.8, 4) is 0 Å². The molecule has 0 radical (unpaired) electrons. The number of aromatic nitrogens is 1. The molecule has 2 amide bonds. The molecule has 1 saturated heterocycles. The van der Waals surface area contributed by atoms with Gasteiger partial charge in [0.25, 0.3) is 5.91 Å². The SMILES string of the molecule is CCn1c(=O)oc2cc(N3CC(C(N)=O)OC3=O)ccc21. The van der Waals surface area contributed by atoms with Crippen LogP contribution in [0.4, 0.5) is 10.5 Å². The smallest absolute Gasteiger partial charge is 0.419 e. The van der Waals surface area contributed by atoms with Crippen LogP contribution in [0, 0.1) is 0 Å². The molecule has 1 aromatic heterocycles. The molecule has 110 valence electrons. The summed E-state index contributed by atoms with van der Waals surface area (Å²) in [5.41, 5.74) is 6.62. The summed E-state index contributed by atoms with van der Waals surface area (Å²) in [4.78, 5) is 35.7. The maximum atomic E-state index is 11.8. The number of cyclic esters (lactones) is 1. The topological polar surface area (TPSA) is 108 Å². The van der Waals surface area contributed by atoms with Gasteiger partial charge in [-0.1, -0.05) is 0 Å². The predicted octanol–water partition coefficient (Wildman–Crippen LogP) is 0.425. The molecule has 1 aliphatic rings. The molecule has 1 aliphatic heterocycles. The van der Waals surface area contributed by atoms with Crippen LogP contribution in [-0.4, -0.2) is 29.2 Å². The summed E-state index contributed by atoms with van der Waals surface area (Å²) in [7, 11) is 0. The van der Waals surface area contributed by atoms with E-state index in [1.165, 1.54) is 9.47 Å². The summed E-state index contributed by atoms with van der Waals surface area (Å²) < 4.78 is 11.5. The van der Waals surface area contributed by atoms with Crippen LogP contribution in [0.3, 0.4) is 0 Å². The van der Waals surface area contributed by atoms with Crippen LogP contribution in [0.2, 0.25) is 0 Å². The van der Waals surface area contributed by atoms with Crippen molar-refractivity contribution in [3.05, 3.63) is 28.7 Å². The summed E-state index contributed by atoms with van der Waals surface area (Å²) in [6.45, 7) is 2.36. The number of ether oxygens (including phenoxy) is 1. The minimum Gasteiger partial charge on any atom is -0.434 e. The summed E-state index contributed by atoms with van der Waals surface area (Å²) in [6.07, 6.45) is -1.63. The van der Waals surface area contributed by atoms with Crippen LogP contribution in [0.15, 0.2) is 27.4 Å². The van der Waals surface area contributed by atoms with Crippen molar-refractivity contribution >= 4 is 28.8 Å². The van der Waals surface area contributed by atoms with Gasteiger partial charge >= 0.3 is 11.8 Å². The van der Waals surface area contributed by atoms with Gasteiger partial charge in [0.1, 0.15) is 0 Å². The maximum absolute atomic E-state index is 11.8. The van der Waals surface area contributed by atoms with Gasteiger partial charge in [-0.2, -0.15) is 0 Å². The molecule has 21 heavy (non-hydrogen) atoms. The zero-order valence-electron chi connectivity index (χ0n) is 11.2. The number of fused-ring (bicyclic) bond motifs is 1. The lowest BCUT2D eigenvalue weighted by Gasteiger charge is -2.12. The van der Waals surface area contributed by atoms with Crippen molar-refractivity contribution in [1.82, 2.24) is 4.57 Å². The zero-order chi connectivity index (χ0) is 15.1. The van der Waals surface area contributed by atoms with E-state index in [4.69, 9.17) is 14.9 Å². The summed E-state index contributed by atoms with van der Waals surface area (Å²) in [5, 5.41) is 0. The van der Waals surface area contributed by atoms with E-state index in [1.54, 1.807) is 18.2 Å². The van der Waals surface area contributed by atoms with Gasteiger partial charge in [0.05, 0.1) is 17.7 Å². The Bertz CT molecular complexity index is 791. The number of nitrogens with two attached hydrogens (primary N) is 1. The number of carbonyl (C=O) groups excluding carboxylic acids is 2. The third-order valence-corrected chi connectivity index (χ3v) is 3.41. The van der Waals surface area contributed by atoms with Gasteiger partial charge in [-0.15, -0.1) is 0 Å². The lowest BCUT2D eigenvalue weighted by Crippen LogP contribution is -2.32. The van der Waals surface area contributed by atoms with Crippen molar-refractivity contribution in [2.75, 3.05) is 11.4 Å². The largest absolute Gasteiger partial charge is 0.434 e. The third-order valence-electron chi connectivity index (χ3n) is 3.41. The second-order valence-electron chi connectivity index (χ2n) is 4.65. The summed E-state index contributed by atoms with van der Waals surface area (Å²) in [5.74, 6) is -1.15. The molecule has 1 atom stereocenters. The van der Waals surface area contributed by atoms with Gasteiger partial charge in [-0.05, 0) is 19.1 Å².